The van der Waals surface area contributed by atoms with Crippen molar-refractivity contribution in [2.45, 2.75) is 67.5 Å². The highest BCUT2D eigenvalue weighted by atomic mass is 15.0. The first-order valence-corrected chi connectivity index (χ1v) is 5.98. The lowest BCUT2D eigenvalue weighted by Gasteiger charge is -2.44. The van der Waals surface area contributed by atoms with Gasteiger partial charge in [-0.15, -0.1) is 0 Å². The Morgan fingerprint density at radius 2 is 1.14 bits per heavy atom. The maximum Gasteiger partial charge on any atom is 0.00997 e. The third-order valence-corrected chi connectivity index (χ3v) is 4.00. The third kappa shape index (κ3) is 2.98. The van der Waals surface area contributed by atoms with Crippen LogP contribution < -0.4 is 5.32 Å². The summed E-state index contributed by atoms with van der Waals surface area (Å²) in [5, 5.41) is 3.65. The Hall–Kier alpha value is -0.0400. The molecule has 86 valence electrons. The molecule has 0 bridgehead atoms. The number of rotatable bonds is 5. The summed E-state index contributed by atoms with van der Waals surface area (Å²) < 4.78 is 0. The van der Waals surface area contributed by atoms with Crippen molar-refractivity contribution in [3.8, 4) is 0 Å². The Labute approximate surface area is 90.7 Å². The number of nitrogens with one attached hydrogen (secondary N) is 1. The minimum Gasteiger partial charge on any atom is -0.311 e. The smallest absolute Gasteiger partial charge is 0.00997 e. The molecule has 0 aromatic heterocycles. The normalized spacial score (nSPS) is 15.6. The van der Waals surface area contributed by atoms with Crippen LogP contribution in [-0.4, -0.2) is 12.1 Å². The van der Waals surface area contributed by atoms with Crippen LogP contribution in [0.3, 0.4) is 0 Å². The molecule has 1 nitrogen and oxygen atoms in total. The van der Waals surface area contributed by atoms with Gasteiger partial charge in [0.1, 0.15) is 0 Å². The predicted molar refractivity (Wildman–Crippen MR) is 65.5 cm³/mol. The Kier molecular flexibility index (Phi) is 5.14. The van der Waals surface area contributed by atoms with E-state index in [0.717, 1.165) is 0 Å². The van der Waals surface area contributed by atoms with Crippen molar-refractivity contribution in [2.24, 2.45) is 17.3 Å². The van der Waals surface area contributed by atoms with Gasteiger partial charge in [0.05, 0.1) is 0 Å². The molecular formula is C13H29N. The van der Waals surface area contributed by atoms with E-state index in [4.69, 9.17) is 0 Å². The van der Waals surface area contributed by atoms with E-state index in [1.807, 2.05) is 0 Å². The van der Waals surface area contributed by atoms with Gasteiger partial charge in [-0.1, -0.05) is 48.5 Å². The van der Waals surface area contributed by atoms with Crippen LogP contribution in [0.1, 0.15) is 55.4 Å². The molecule has 1 N–H and O–H groups in total. The van der Waals surface area contributed by atoms with Crippen molar-refractivity contribution in [2.75, 3.05) is 0 Å². The summed E-state index contributed by atoms with van der Waals surface area (Å²) in [5.74, 6) is 1.42. The molecule has 0 aliphatic carbocycles. The Morgan fingerprint density at radius 3 is 1.36 bits per heavy atom. The van der Waals surface area contributed by atoms with Crippen LogP contribution in [-0.2, 0) is 0 Å². The average Bonchev–Trinajstić information content (AvgIpc) is 2.00. The zero-order chi connectivity index (χ0) is 11.5. The van der Waals surface area contributed by atoms with Crippen LogP contribution in [0.2, 0.25) is 0 Å². The maximum atomic E-state index is 3.65. The lowest BCUT2D eigenvalue weighted by atomic mass is 9.66. The summed E-state index contributed by atoms with van der Waals surface area (Å²) in [7, 11) is 0. The van der Waals surface area contributed by atoms with Crippen molar-refractivity contribution >= 4 is 0 Å². The first-order valence-electron chi connectivity index (χ1n) is 5.98. The number of hydrogen-bond acceptors (Lipinski definition) is 1. The minimum atomic E-state index is 0.379. The second kappa shape index (κ2) is 5.16. The average molecular weight is 199 g/mol. The van der Waals surface area contributed by atoms with Gasteiger partial charge in [-0.05, 0) is 24.2 Å². The first-order chi connectivity index (χ1) is 6.22. The largest absolute Gasteiger partial charge is 0.311 e. The van der Waals surface area contributed by atoms with Crippen LogP contribution in [0.25, 0.3) is 0 Å². The van der Waals surface area contributed by atoms with Gasteiger partial charge in [-0.2, -0.15) is 0 Å². The summed E-state index contributed by atoms with van der Waals surface area (Å²) in [6.07, 6.45) is 0. The van der Waals surface area contributed by atoms with E-state index in [2.05, 4.69) is 60.7 Å². The van der Waals surface area contributed by atoms with Crippen molar-refractivity contribution < 1.29 is 0 Å². The minimum absolute atomic E-state index is 0.379. The monoisotopic (exact) mass is 199 g/mol. The molecule has 0 heterocycles. The van der Waals surface area contributed by atoms with Gasteiger partial charge in [0.15, 0.2) is 0 Å². The molecular weight excluding hydrogens is 170 g/mol. The van der Waals surface area contributed by atoms with Crippen molar-refractivity contribution in [3.05, 3.63) is 0 Å². The molecule has 0 aromatic carbocycles. The van der Waals surface area contributed by atoms with E-state index in [1.165, 1.54) is 0 Å². The van der Waals surface area contributed by atoms with E-state index >= 15 is 0 Å². The summed E-state index contributed by atoms with van der Waals surface area (Å²) in [6.45, 7) is 18.5. The van der Waals surface area contributed by atoms with E-state index in [0.29, 0.717) is 29.3 Å². The molecule has 1 unspecified atom stereocenters. The molecule has 0 fully saturated rings. The first kappa shape index (κ1) is 14.0. The van der Waals surface area contributed by atoms with Gasteiger partial charge >= 0.3 is 0 Å². The molecule has 0 radical (unpaired) electrons. The van der Waals surface area contributed by atoms with E-state index in [-0.39, 0.29) is 0 Å². The molecule has 0 rings (SSSR count). The van der Waals surface area contributed by atoms with Crippen molar-refractivity contribution in [1.29, 1.82) is 0 Å². The summed E-state index contributed by atoms with van der Waals surface area (Å²) in [5.41, 5.74) is 0.379. The van der Waals surface area contributed by atoms with Gasteiger partial charge in [0.2, 0.25) is 0 Å². The van der Waals surface area contributed by atoms with Gasteiger partial charge < -0.3 is 5.32 Å². The fourth-order valence-corrected chi connectivity index (χ4v) is 2.35. The second-order valence-corrected chi connectivity index (χ2v) is 5.72. The summed E-state index contributed by atoms with van der Waals surface area (Å²) in [6, 6.07) is 1.14. The Bertz CT molecular complexity index is 151. The van der Waals surface area contributed by atoms with Crippen LogP contribution >= 0.6 is 0 Å². The van der Waals surface area contributed by atoms with E-state index < -0.39 is 0 Å². The molecule has 0 amide bonds. The highest BCUT2D eigenvalue weighted by molar-refractivity contribution is 4.90. The SMILES string of the molecule is CC(C)NC(C)C(C)(C(C)C)C(C)C. The molecule has 0 aliphatic heterocycles. The second-order valence-electron chi connectivity index (χ2n) is 5.72. The van der Waals surface area contributed by atoms with Crippen LogP contribution in [0, 0.1) is 17.3 Å². The Morgan fingerprint density at radius 1 is 0.786 bits per heavy atom. The lowest BCUT2D eigenvalue weighted by molar-refractivity contribution is 0.0823. The zero-order valence-corrected chi connectivity index (χ0v) is 11.3. The van der Waals surface area contributed by atoms with E-state index in [9.17, 15) is 0 Å². The fraction of sp³-hybridized carbons (Fsp3) is 1.00. The van der Waals surface area contributed by atoms with Crippen molar-refractivity contribution in [1.82, 2.24) is 5.32 Å². The molecule has 0 aliphatic rings. The summed E-state index contributed by atoms with van der Waals surface area (Å²) in [4.78, 5) is 0. The molecule has 0 saturated carbocycles. The highest BCUT2D eigenvalue weighted by Gasteiger charge is 2.37. The Balaban J connectivity index is 4.65. The zero-order valence-electron chi connectivity index (χ0n) is 11.3. The molecule has 1 heteroatoms. The lowest BCUT2D eigenvalue weighted by Crippen LogP contribution is -2.50. The predicted octanol–water partition coefficient (Wildman–Crippen LogP) is 3.69. The third-order valence-electron chi connectivity index (χ3n) is 4.00. The number of hydrogen-bond donors (Lipinski definition) is 1. The topological polar surface area (TPSA) is 12.0 Å². The van der Waals surface area contributed by atoms with Crippen LogP contribution in [0.4, 0.5) is 0 Å². The summed E-state index contributed by atoms with van der Waals surface area (Å²) >= 11 is 0. The standard InChI is InChI=1S/C13H29N/c1-9(2)13(8,10(3)4)12(7)14-11(5)6/h9-12,14H,1-8H3. The highest BCUT2D eigenvalue weighted by Crippen LogP contribution is 2.38. The van der Waals surface area contributed by atoms with Gasteiger partial charge in [-0.25, -0.2) is 0 Å². The molecule has 0 saturated heterocycles. The van der Waals surface area contributed by atoms with Gasteiger partial charge in [0.25, 0.3) is 0 Å². The van der Waals surface area contributed by atoms with Gasteiger partial charge in [0, 0.05) is 12.1 Å². The van der Waals surface area contributed by atoms with Crippen LogP contribution in [0.15, 0.2) is 0 Å². The van der Waals surface area contributed by atoms with Gasteiger partial charge in [-0.3, -0.25) is 0 Å². The fourth-order valence-electron chi connectivity index (χ4n) is 2.35. The van der Waals surface area contributed by atoms with Crippen LogP contribution in [0.5, 0.6) is 0 Å². The molecule has 0 spiro atoms. The van der Waals surface area contributed by atoms with Crippen molar-refractivity contribution in [3.63, 3.8) is 0 Å². The molecule has 1 atom stereocenters. The van der Waals surface area contributed by atoms with E-state index in [1.54, 1.807) is 0 Å². The quantitative estimate of drug-likeness (QED) is 0.712. The maximum absolute atomic E-state index is 3.65. The molecule has 14 heavy (non-hydrogen) atoms. The molecule has 0 aromatic rings.